The fourth-order valence-corrected chi connectivity index (χ4v) is 6.60. The first-order chi connectivity index (χ1) is 15.1. The second-order valence-electron chi connectivity index (χ2n) is 8.62. The fourth-order valence-electron chi connectivity index (χ4n) is 3.35. The first-order valence-electron chi connectivity index (χ1n) is 11.3. The number of hydrogen-bond acceptors (Lipinski definition) is 6. The molecule has 0 aromatic heterocycles. The molecule has 2 N–H and O–H groups in total. The van der Waals surface area contributed by atoms with Gasteiger partial charge in [0, 0.05) is 30.0 Å². The minimum Gasteiger partial charge on any atom is -0.462 e. The molecule has 176 valence electrons. The zero-order chi connectivity index (χ0) is 23.7. The molecular weight excluding hydrogens is 422 g/mol. The molecule has 0 saturated carbocycles. The third kappa shape index (κ3) is 8.39. The van der Waals surface area contributed by atoms with E-state index in [0.29, 0.717) is 18.0 Å². The molecule has 0 aliphatic rings. The summed E-state index contributed by atoms with van der Waals surface area (Å²) in [5.41, 5.74) is 9.03. The number of rotatable bonds is 12. The van der Waals surface area contributed by atoms with Crippen molar-refractivity contribution in [3.05, 3.63) is 54.1 Å². The Morgan fingerprint density at radius 3 is 1.66 bits per heavy atom. The van der Waals surface area contributed by atoms with Gasteiger partial charge in [-0.05, 0) is 83.4 Å². The zero-order valence-corrected chi connectivity index (χ0v) is 21.1. The van der Waals surface area contributed by atoms with Gasteiger partial charge in [0.05, 0.1) is 12.2 Å². The van der Waals surface area contributed by atoms with Crippen LogP contribution in [0.4, 0.5) is 5.69 Å². The molecule has 0 radical (unpaired) electrons. The van der Waals surface area contributed by atoms with Crippen molar-refractivity contribution in [3.63, 3.8) is 0 Å². The Morgan fingerprint density at radius 2 is 1.22 bits per heavy atom. The van der Waals surface area contributed by atoms with E-state index in [2.05, 4.69) is 0 Å². The van der Waals surface area contributed by atoms with Gasteiger partial charge in [-0.25, -0.2) is 4.79 Å². The Hall–Kier alpha value is -2.19. The van der Waals surface area contributed by atoms with E-state index in [9.17, 15) is 4.79 Å². The lowest BCUT2D eigenvalue weighted by molar-refractivity contribution is 0.00113. The first-order valence-corrected chi connectivity index (χ1v) is 13.2. The third-order valence-electron chi connectivity index (χ3n) is 4.47. The summed E-state index contributed by atoms with van der Waals surface area (Å²) in [6.07, 6.45) is 0.567. The van der Waals surface area contributed by atoms with Crippen LogP contribution in [0.1, 0.15) is 58.3 Å². The first kappa shape index (κ1) is 26.1. The maximum atomic E-state index is 12.5. The summed E-state index contributed by atoms with van der Waals surface area (Å²) in [6.45, 7) is 12.1. The van der Waals surface area contributed by atoms with Crippen LogP contribution in [0.3, 0.4) is 0 Å². The van der Waals surface area contributed by atoms with Gasteiger partial charge in [-0.15, -0.1) is 0 Å². The second-order valence-corrected chi connectivity index (χ2v) is 11.2. The van der Waals surface area contributed by atoms with Crippen molar-refractivity contribution >= 4 is 20.5 Å². The summed E-state index contributed by atoms with van der Waals surface area (Å²) >= 11 is 0. The Labute approximate surface area is 193 Å². The predicted octanol–water partition coefficient (Wildman–Crippen LogP) is 5.70. The molecule has 0 aliphatic heterocycles. The number of hydrogen-bond donors (Lipinski definition) is 1. The highest BCUT2D eigenvalue weighted by atomic mass is 28.4. The number of esters is 1. The van der Waals surface area contributed by atoms with Gasteiger partial charge in [-0.3, -0.25) is 0 Å². The third-order valence-corrected chi connectivity index (χ3v) is 7.93. The SMILES string of the molecule is CC(C)O[Si](CCCOC(=O)c1ccc(-c2ccc(N)cc2)cc1)(OC(C)C)OC(C)C. The molecule has 0 saturated heterocycles. The molecule has 2 aromatic rings. The van der Waals surface area contributed by atoms with Crippen LogP contribution >= 0.6 is 0 Å². The van der Waals surface area contributed by atoms with Crippen molar-refractivity contribution < 1.29 is 22.8 Å². The average Bonchev–Trinajstić information content (AvgIpc) is 2.70. The Kier molecular flexibility index (Phi) is 9.90. The quantitative estimate of drug-likeness (QED) is 0.190. The van der Waals surface area contributed by atoms with Crippen LogP contribution in [-0.4, -0.2) is 39.7 Å². The Bertz CT molecular complexity index is 808. The van der Waals surface area contributed by atoms with Crippen LogP contribution in [0.5, 0.6) is 0 Å². The smallest absolute Gasteiger partial charge is 0.462 e. The van der Waals surface area contributed by atoms with Crippen LogP contribution in [0.25, 0.3) is 11.1 Å². The second kappa shape index (κ2) is 12.2. The minimum absolute atomic E-state index is 0.0127. The molecule has 2 aromatic carbocycles. The maximum Gasteiger partial charge on any atom is 0.501 e. The van der Waals surface area contributed by atoms with Gasteiger partial charge in [0.1, 0.15) is 0 Å². The van der Waals surface area contributed by atoms with E-state index in [0.717, 1.165) is 16.8 Å². The van der Waals surface area contributed by atoms with Crippen molar-refractivity contribution in [1.82, 2.24) is 0 Å². The molecule has 6 nitrogen and oxygen atoms in total. The number of benzene rings is 2. The lowest BCUT2D eigenvalue weighted by atomic mass is 10.0. The molecule has 0 aliphatic carbocycles. The summed E-state index contributed by atoms with van der Waals surface area (Å²) < 4.78 is 24.0. The molecule has 0 fully saturated rings. The molecule has 0 heterocycles. The van der Waals surface area contributed by atoms with E-state index in [4.69, 9.17) is 23.7 Å². The van der Waals surface area contributed by atoms with Gasteiger partial charge >= 0.3 is 14.8 Å². The van der Waals surface area contributed by atoms with Crippen molar-refractivity contribution in [2.45, 2.75) is 72.3 Å². The highest BCUT2D eigenvalue weighted by Gasteiger charge is 2.43. The maximum absolute atomic E-state index is 12.5. The molecule has 7 heteroatoms. The molecule has 0 bridgehead atoms. The van der Waals surface area contributed by atoms with E-state index >= 15 is 0 Å². The predicted molar refractivity (Wildman–Crippen MR) is 130 cm³/mol. The number of nitrogen functional groups attached to an aromatic ring is 1. The van der Waals surface area contributed by atoms with E-state index in [1.54, 1.807) is 12.1 Å². The molecule has 0 spiro atoms. The van der Waals surface area contributed by atoms with Crippen LogP contribution in [0.15, 0.2) is 48.5 Å². The number of carbonyl (C=O) groups excluding carboxylic acids is 1. The molecule has 32 heavy (non-hydrogen) atoms. The summed E-state index contributed by atoms with van der Waals surface area (Å²) in [5.74, 6) is -0.347. The molecule has 2 rings (SSSR count). The summed E-state index contributed by atoms with van der Waals surface area (Å²) in [6, 6.07) is 15.6. The van der Waals surface area contributed by atoms with Crippen molar-refractivity contribution in [3.8, 4) is 11.1 Å². The van der Waals surface area contributed by atoms with Crippen molar-refractivity contribution in [1.29, 1.82) is 0 Å². The van der Waals surface area contributed by atoms with Crippen molar-refractivity contribution in [2.24, 2.45) is 0 Å². The molecule has 0 atom stereocenters. The Balaban J connectivity index is 1.94. The highest BCUT2D eigenvalue weighted by Crippen LogP contribution is 2.24. The normalized spacial score (nSPS) is 12.0. The van der Waals surface area contributed by atoms with Crippen LogP contribution in [-0.2, 0) is 18.0 Å². The van der Waals surface area contributed by atoms with Gasteiger partial charge in [-0.2, -0.15) is 0 Å². The monoisotopic (exact) mass is 459 g/mol. The van der Waals surface area contributed by atoms with Crippen LogP contribution in [0.2, 0.25) is 6.04 Å². The molecular formula is C25H37NO5Si. The van der Waals surface area contributed by atoms with Gasteiger partial charge in [-0.1, -0.05) is 24.3 Å². The van der Waals surface area contributed by atoms with Crippen LogP contribution in [0, 0.1) is 0 Å². The number of ether oxygens (including phenoxy) is 1. The number of carbonyl (C=O) groups is 1. The largest absolute Gasteiger partial charge is 0.501 e. The van der Waals surface area contributed by atoms with Gasteiger partial charge in [0.2, 0.25) is 0 Å². The summed E-state index contributed by atoms with van der Waals surface area (Å²) in [5, 5.41) is 0. The topological polar surface area (TPSA) is 80.0 Å². The lowest BCUT2D eigenvalue weighted by Gasteiger charge is -2.34. The standard InChI is InChI=1S/C25H37NO5Si/c1-18(2)29-32(30-19(3)4,31-20(5)6)17-7-16-28-25(27)23-10-8-21(9-11-23)22-12-14-24(26)15-13-22/h8-15,18-20H,7,16-17,26H2,1-6H3. The zero-order valence-electron chi connectivity index (χ0n) is 20.1. The van der Waals surface area contributed by atoms with E-state index in [-0.39, 0.29) is 30.9 Å². The lowest BCUT2D eigenvalue weighted by Crippen LogP contribution is -2.50. The minimum atomic E-state index is -2.89. The highest BCUT2D eigenvalue weighted by molar-refractivity contribution is 6.60. The van der Waals surface area contributed by atoms with E-state index in [1.165, 1.54) is 0 Å². The van der Waals surface area contributed by atoms with Crippen LogP contribution < -0.4 is 5.73 Å². The number of anilines is 1. The van der Waals surface area contributed by atoms with Gasteiger partial charge in [0.15, 0.2) is 0 Å². The fraction of sp³-hybridized carbons (Fsp3) is 0.480. The number of nitrogens with two attached hydrogens (primary N) is 1. The molecule has 0 unspecified atom stereocenters. The molecule has 0 amide bonds. The average molecular weight is 460 g/mol. The Morgan fingerprint density at radius 1 is 0.781 bits per heavy atom. The van der Waals surface area contributed by atoms with E-state index < -0.39 is 8.80 Å². The van der Waals surface area contributed by atoms with E-state index in [1.807, 2.05) is 77.9 Å². The summed E-state index contributed by atoms with van der Waals surface area (Å²) in [4.78, 5) is 12.5. The summed E-state index contributed by atoms with van der Waals surface area (Å²) in [7, 11) is -2.89. The van der Waals surface area contributed by atoms with Gasteiger partial charge < -0.3 is 23.7 Å². The van der Waals surface area contributed by atoms with Gasteiger partial charge in [0.25, 0.3) is 0 Å². The van der Waals surface area contributed by atoms with Crippen molar-refractivity contribution in [2.75, 3.05) is 12.3 Å².